The van der Waals surface area contributed by atoms with Crippen LogP contribution < -0.4 is 10.6 Å². The zero-order chi connectivity index (χ0) is 14.4. The third-order valence-corrected chi connectivity index (χ3v) is 2.78. The van der Waals surface area contributed by atoms with Crippen LogP contribution in [0.5, 0.6) is 0 Å². The lowest BCUT2D eigenvalue weighted by Gasteiger charge is -2.10. The fourth-order valence-corrected chi connectivity index (χ4v) is 1.47. The number of hydrogen-bond acceptors (Lipinski definition) is 2. The Morgan fingerprint density at radius 3 is 2.79 bits per heavy atom. The molecule has 0 heterocycles. The second-order valence-electron chi connectivity index (χ2n) is 4.01. The van der Waals surface area contributed by atoms with E-state index in [1.54, 1.807) is 6.92 Å². The van der Waals surface area contributed by atoms with Crippen molar-refractivity contribution >= 4 is 29.3 Å². The quantitative estimate of drug-likeness (QED) is 0.779. The first-order chi connectivity index (χ1) is 8.91. The number of hydrogen-bond donors (Lipinski definition) is 3. The maximum atomic E-state index is 13.5. The monoisotopic (exact) mass is 288 g/mol. The van der Waals surface area contributed by atoms with E-state index in [-0.39, 0.29) is 17.3 Å². The van der Waals surface area contributed by atoms with E-state index in [1.165, 1.54) is 18.2 Å². The molecule has 1 aromatic rings. The van der Waals surface area contributed by atoms with Crippen molar-refractivity contribution in [3.63, 3.8) is 0 Å². The van der Waals surface area contributed by atoms with E-state index < -0.39 is 23.7 Å². The average molecular weight is 289 g/mol. The maximum Gasteiger partial charge on any atom is 0.319 e. The molecule has 2 amide bonds. The summed E-state index contributed by atoms with van der Waals surface area (Å²) >= 11 is 5.57. The predicted molar refractivity (Wildman–Crippen MR) is 69.8 cm³/mol. The van der Waals surface area contributed by atoms with E-state index in [0.29, 0.717) is 6.42 Å². The minimum atomic E-state index is -0.928. The fourth-order valence-electron chi connectivity index (χ4n) is 1.29. The van der Waals surface area contributed by atoms with Crippen LogP contribution >= 0.6 is 11.6 Å². The van der Waals surface area contributed by atoms with Crippen LogP contribution in [0, 0.1) is 11.7 Å². The third kappa shape index (κ3) is 4.75. The van der Waals surface area contributed by atoms with Crippen LogP contribution in [0.1, 0.15) is 13.3 Å². The Bertz CT molecular complexity index is 482. The molecule has 3 N–H and O–H groups in total. The number of carbonyl (C=O) groups is 2. The molecule has 0 aliphatic heterocycles. The molecule has 0 spiro atoms. The Labute approximate surface area is 114 Å². The van der Waals surface area contributed by atoms with Gasteiger partial charge in [-0.25, -0.2) is 9.18 Å². The normalized spacial score (nSPS) is 11.7. The highest BCUT2D eigenvalue weighted by Gasteiger charge is 2.12. The topological polar surface area (TPSA) is 78.4 Å². The smallest absolute Gasteiger partial charge is 0.319 e. The van der Waals surface area contributed by atoms with Crippen LogP contribution in [-0.4, -0.2) is 23.7 Å². The van der Waals surface area contributed by atoms with Crippen LogP contribution in [0.25, 0.3) is 0 Å². The summed E-state index contributed by atoms with van der Waals surface area (Å²) < 4.78 is 13.5. The van der Waals surface area contributed by atoms with E-state index >= 15 is 0 Å². The van der Waals surface area contributed by atoms with Gasteiger partial charge in [0.1, 0.15) is 0 Å². The molecule has 0 aromatic heterocycles. The summed E-state index contributed by atoms with van der Waals surface area (Å²) in [6.07, 6.45) is 0.292. The van der Waals surface area contributed by atoms with Gasteiger partial charge in [-0.1, -0.05) is 24.6 Å². The standard InChI is InChI=1S/C12H14ClFN2O3/c1-7(11(17)18)5-6-15-12(19)16-9-4-2-3-8(13)10(9)14/h2-4,7H,5-6H2,1H3,(H,17,18)(H2,15,16,19). The van der Waals surface area contributed by atoms with Crippen LogP contribution in [0.2, 0.25) is 5.02 Å². The highest BCUT2D eigenvalue weighted by atomic mass is 35.5. The lowest BCUT2D eigenvalue weighted by Crippen LogP contribution is -2.31. The first-order valence-corrected chi connectivity index (χ1v) is 6.01. The Morgan fingerprint density at radius 2 is 2.16 bits per heavy atom. The van der Waals surface area contributed by atoms with E-state index in [0.717, 1.165) is 0 Å². The molecule has 19 heavy (non-hydrogen) atoms. The van der Waals surface area contributed by atoms with Crippen LogP contribution in [-0.2, 0) is 4.79 Å². The number of halogens is 2. The molecule has 0 saturated carbocycles. The maximum absolute atomic E-state index is 13.5. The van der Waals surface area contributed by atoms with Crippen molar-refractivity contribution in [2.45, 2.75) is 13.3 Å². The van der Waals surface area contributed by atoms with Gasteiger partial charge in [-0.05, 0) is 18.6 Å². The van der Waals surface area contributed by atoms with Gasteiger partial charge in [0, 0.05) is 6.54 Å². The van der Waals surface area contributed by atoms with Gasteiger partial charge in [-0.15, -0.1) is 0 Å². The van der Waals surface area contributed by atoms with Gasteiger partial charge < -0.3 is 15.7 Å². The molecule has 1 atom stereocenters. The largest absolute Gasteiger partial charge is 0.481 e. The van der Waals surface area contributed by atoms with Crippen molar-refractivity contribution in [2.24, 2.45) is 5.92 Å². The number of carboxylic acid groups (broad SMARTS) is 1. The summed E-state index contributed by atoms with van der Waals surface area (Å²) in [6.45, 7) is 1.72. The SMILES string of the molecule is CC(CCNC(=O)Nc1cccc(Cl)c1F)C(=O)O. The molecule has 0 saturated heterocycles. The van der Waals surface area contributed by atoms with E-state index in [4.69, 9.17) is 16.7 Å². The number of urea groups is 1. The second-order valence-corrected chi connectivity index (χ2v) is 4.42. The first kappa shape index (κ1) is 15.2. The van der Waals surface area contributed by atoms with Gasteiger partial charge >= 0.3 is 12.0 Å². The highest BCUT2D eigenvalue weighted by Crippen LogP contribution is 2.21. The molecular formula is C12H14ClFN2O3. The molecule has 0 bridgehead atoms. The van der Waals surface area contributed by atoms with Gasteiger partial charge in [0.05, 0.1) is 16.6 Å². The number of aliphatic carboxylic acids is 1. The molecule has 7 heteroatoms. The highest BCUT2D eigenvalue weighted by molar-refractivity contribution is 6.31. The second kappa shape index (κ2) is 6.94. The zero-order valence-electron chi connectivity index (χ0n) is 10.2. The van der Waals surface area contributed by atoms with Crippen LogP contribution in [0.3, 0.4) is 0 Å². The van der Waals surface area contributed by atoms with Gasteiger partial charge in [0.2, 0.25) is 0 Å². The number of amides is 2. The number of rotatable bonds is 5. The fraction of sp³-hybridized carbons (Fsp3) is 0.333. The number of carboxylic acids is 1. The summed E-state index contributed by atoms with van der Waals surface area (Å²) in [5.74, 6) is -2.19. The van der Waals surface area contributed by atoms with Gasteiger partial charge in [-0.2, -0.15) is 0 Å². The molecule has 1 aromatic carbocycles. The van der Waals surface area contributed by atoms with Crippen molar-refractivity contribution in [3.05, 3.63) is 29.0 Å². The molecule has 104 valence electrons. The lowest BCUT2D eigenvalue weighted by atomic mass is 10.1. The third-order valence-electron chi connectivity index (χ3n) is 2.48. The molecule has 0 radical (unpaired) electrons. The van der Waals surface area contributed by atoms with Gasteiger partial charge in [-0.3, -0.25) is 4.79 Å². The Morgan fingerprint density at radius 1 is 1.47 bits per heavy atom. The first-order valence-electron chi connectivity index (χ1n) is 5.63. The Hall–Kier alpha value is -1.82. The van der Waals surface area contributed by atoms with E-state index in [1.807, 2.05) is 0 Å². The minimum Gasteiger partial charge on any atom is -0.481 e. The summed E-state index contributed by atoms with van der Waals surface area (Å²) in [7, 11) is 0. The molecule has 0 aliphatic rings. The lowest BCUT2D eigenvalue weighted by molar-refractivity contribution is -0.141. The Kier molecular flexibility index (Phi) is 5.57. The summed E-state index contributed by atoms with van der Waals surface area (Å²) in [5.41, 5.74) is -0.0312. The summed E-state index contributed by atoms with van der Waals surface area (Å²) in [6, 6.07) is 3.64. The average Bonchev–Trinajstić information content (AvgIpc) is 2.34. The zero-order valence-corrected chi connectivity index (χ0v) is 11.0. The summed E-state index contributed by atoms with van der Waals surface area (Å²) in [5, 5.41) is 13.3. The molecule has 1 unspecified atom stereocenters. The van der Waals surface area contributed by atoms with Crippen molar-refractivity contribution in [1.29, 1.82) is 0 Å². The van der Waals surface area contributed by atoms with E-state index in [9.17, 15) is 14.0 Å². The predicted octanol–water partition coefficient (Wildman–Crippen LogP) is 2.71. The van der Waals surface area contributed by atoms with Crippen LogP contribution in [0.15, 0.2) is 18.2 Å². The number of benzene rings is 1. The van der Waals surface area contributed by atoms with Gasteiger partial charge in [0.25, 0.3) is 0 Å². The minimum absolute atomic E-state index is 0.0312. The van der Waals surface area contributed by atoms with Crippen molar-refractivity contribution in [1.82, 2.24) is 5.32 Å². The van der Waals surface area contributed by atoms with Crippen molar-refractivity contribution < 1.29 is 19.1 Å². The molecule has 5 nitrogen and oxygen atoms in total. The number of nitrogens with one attached hydrogen (secondary N) is 2. The summed E-state index contributed by atoms with van der Waals surface area (Å²) in [4.78, 5) is 22.0. The van der Waals surface area contributed by atoms with Gasteiger partial charge in [0.15, 0.2) is 5.82 Å². The Balaban J connectivity index is 2.43. The van der Waals surface area contributed by atoms with Crippen LogP contribution in [0.4, 0.5) is 14.9 Å². The van der Waals surface area contributed by atoms with Crippen molar-refractivity contribution in [3.8, 4) is 0 Å². The molecule has 0 fully saturated rings. The molecule has 1 rings (SSSR count). The van der Waals surface area contributed by atoms with Crippen molar-refractivity contribution in [2.75, 3.05) is 11.9 Å². The molecular weight excluding hydrogens is 275 g/mol. The molecule has 0 aliphatic carbocycles. The number of carbonyl (C=O) groups excluding carboxylic acids is 1. The van der Waals surface area contributed by atoms with E-state index in [2.05, 4.69) is 10.6 Å². The number of anilines is 1.